The molecule has 100 valence electrons. The molecule has 6 heteroatoms. The summed E-state index contributed by atoms with van der Waals surface area (Å²) in [6, 6.07) is 7.92. The van der Waals surface area contributed by atoms with Crippen molar-refractivity contribution < 1.29 is 9.13 Å². The molecule has 0 radical (unpaired) electrons. The van der Waals surface area contributed by atoms with Gasteiger partial charge in [-0.3, -0.25) is 0 Å². The van der Waals surface area contributed by atoms with Crippen molar-refractivity contribution in [1.82, 2.24) is 9.97 Å². The van der Waals surface area contributed by atoms with Gasteiger partial charge in [-0.05, 0) is 12.1 Å². The highest BCUT2D eigenvalue weighted by Crippen LogP contribution is 2.19. The Labute approximate surface area is 110 Å². The number of nitrogens with one attached hydrogen (secondary N) is 1. The second-order valence-electron chi connectivity index (χ2n) is 3.94. The Balaban J connectivity index is 2.20. The standard InChI is InChI=1S/C13H15FN4O/c1-19-7-6-12-17-11(15)8-13(18-12)16-10-5-3-2-4-9(10)14/h2-5,8H,6-7H2,1H3,(H3,15,16,17,18). The third-order valence-corrected chi connectivity index (χ3v) is 2.46. The average molecular weight is 262 g/mol. The van der Waals surface area contributed by atoms with Crippen molar-refractivity contribution >= 4 is 17.3 Å². The summed E-state index contributed by atoms with van der Waals surface area (Å²) in [5, 5.41) is 2.88. The monoisotopic (exact) mass is 262 g/mol. The number of nitrogens with zero attached hydrogens (tertiary/aromatic N) is 2. The molecule has 1 aromatic carbocycles. The van der Waals surface area contributed by atoms with E-state index >= 15 is 0 Å². The summed E-state index contributed by atoms with van der Waals surface area (Å²) < 4.78 is 18.5. The molecule has 2 aromatic rings. The molecule has 0 atom stereocenters. The van der Waals surface area contributed by atoms with Crippen LogP contribution in [0.5, 0.6) is 0 Å². The van der Waals surface area contributed by atoms with E-state index < -0.39 is 0 Å². The minimum atomic E-state index is -0.349. The van der Waals surface area contributed by atoms with E-state index in [1.807, 2.05) is 0 Å². The summed E-state index contributed by atoms with van der Waals surface area (Å²) in [6.45, 7) is 0.503. The SMILES string of the molecule is COCCc1nc(N)cc(Nc2ccccc2F)n1. The number of para-hydroxylation sites is 1. The summed E-state index contributed by atoms with van der Waals surface area (Å²) >= 11 is 0. The van der Waals surface area contributed by atoms with Gasteiger partial charge in [0.05, 0.1) is 12.3 Å². The molecule has 5 nitrogen and oxygen atoms in total. The topological polar surface area (TPSA) is 73.1 Å². The van der Waals surface area contributed by atoms with Crippen LogP contribution in [0.25, 0.3) is 0 Å². The molecule has 0 aliphatic rings. The number of nitrogens with two attached hydrogens (primary N) is 1. The third kappa shape index (κ3) is 3.62. The molecule has 0 bridgehead atoms. The van der Waals surface area contributed by atoms with Crippen LogP contribution in [0.15, 0.2) is 30.3 Å². The number of anilines is 3. The highest BCUT2D eigenvalue weighted by Gasteiger charge is 2.05. The van der Waals surface area contributed by atoms with Crippen molar-refractivity contribution in [1.29, 1.82) is 0 Å². The zero-order chi connectivity index (χ0) is 13.7. The third-order valence-electron chi connectivity index (χ3n) is 2.46. The van der Waals surface area contributed by atoms with Gasteiger partial charge < -0.3 is 15.8 Å². The van der Waals surface area contributed by atoms with E-state index in [9.17, 15) is 4.39 Å². The fourth-order valence-corrected chi connectivity index (χ4v) is 1.59. The minimum absolute atomic E-state index is 0.333. The number of halogens is 1. The van der Waals surface area contributed by atoms with Gasteiger partial charge in [0.15, 0.2) is 0 Å². The molecule has 0 aliphatic carbocycles. The minimum Gasteiger partial charge on any atom is -0.384 e. The molecule has 0 spiro atoms. The van der Waals surface area contributed by atoms with E-state index in [0.29, 0.717) is 36.2 Å². The Morgan fingerprint density at radius 1 is 1.32 bits per heavy atom. The lowest BCUT2D eigenvalue weighted by atomic mass is 10.3. The van der Waals surface area contributed by atoms with E-state index in [2.05, 4.69) is 15.3 Å². The number of ether oxygens (including phenoxy) is 1. The first kappa shape index (κ1) is 13.2. The summed E-state index contributed by atoms with van der Waals surface area (Å²) in [5.41, 5.74) is 6.04. The fraction of sp³-hybridized carbons (Fsp3) is 0.231. The normalized spacial score (nSPS) is 10.4. The van der Waals surface area contributed by atoms with Crippen molar-refractivity contribution in [3.05, 3.63) is 42.0 Å². The molecule has 3 N–H and O–H groups in total. The lowest BCUT2D eigenvalue weighted by Crippen LogP contribution is -2.06. The molecule has 0 fully saturated rings. The summed E-state index contributed by atoms with van der Waals surface area (Å²) in [7, 11) is 1.60. The number of benzene rings is 1. The molecule has 19 heavy (non-hydrogen) atoms. The van der Waals surface area contributed by atoms with Gasteiger partial charge in [-0.2, -0.15) is 0 Å². The second-order valence-corrected chi connectivity index (χ2v) is 3.94. The highest BCUT2D eigenvalue weighted by molar-refractivity contribution is 5.58. The Kier molecular flexibility index (Phi) is 4.25. The number of aromatic nitrogens is 2. The summed E-state index contributed by atoms with van der Waals surface area (Å²) in [5.74, 6) is 1.00. The summed E-state index contributed by atoms with van der Waals surface area (Å²) in [6.07, 6.45) is 0.549. The zero-order valence-corrected chi connectivity index (χ0v) is 10.6. The van der Waals surface area contributed by atoms with Gasteiger partial charge in [-0.1, -0.05) is 12.1 Å². The smallest absolute Gasteiger partial charge is 0.146 e. The highest BCUT2D eigenvalue weighted by atomic mass is 19.1. The zero-order valence-electron chi connectivity index (χ0n) is 10.6. The van der Waals surface area contributed by atoms with Crippen LogP contribution in [0.1, 0.15) is 5.82 Å². The quantitative estimate of drug-likeness (QED) is 0.863. The van der Waals surface area contributed by atoms with Crippen LogP contribution in [0.3, 0.4) is 0 Å². The van der Waals surface area contributed by atoms with Crippen molar-refractivity contribution in [2.45, 2.75) is 6.42 Å². The molecular weight excluding hydrogens is 247 g/mol. The maximum absolute atomic E-state index is 13.5. The van der Waals surface area contributed by atoms with Crippen molar-refractivity contribution in [3.63, 3.8) is 0 Å². The van der Waals surface area contributed by atoms with Gasteiger partial charge in [-0.15, -0.1) is 0 Å². The molecule has 0 amide bonds. The molecule has 0 saturated heterocycles. The first-order chi connectivity index (χ1) is 9.19. The van der Waals surface area contributed by atoms with Crippen molar-refractivity contribution in [2.75, 3.05) is 24.8 Å². The van der Waals surface area contributed by atoms with E-state index in [4.69, 9.17) is 10.5 Å². The predicted octanol–water partition coefficient (Wildman–Crippen LogP) is 2.13. The largest absolute Gasteiger partial charge is 0.384 e. The van der Waals surface area contributed by atoms with Crippen LogP contribution in [-0.2, 0) is 11.2 Å². The molecule has 1 heterocycles. The Morgan fingerprint density at radius 3 is 2.84 bits per heavy atom. The first-order valence-electron chi connectivity index (χ1n) is 5.83. The predicted molar refractivity (Wildman–Crippen MR) is 71.7 cm³/mol. The van der Waals surface area contributed by atoms with E-state index in [1.54, 1.807) is 31.4 Å². The number of hydrogen-bond donors (Lipinski definition) is 2. The van der Waals surface area contributed by atoms with Gasteiger partial charge in [-0.25, -0.2) is 14.4 Å². The molecular formula is C13H15FN4O. The number of nitrogen functional groups attached to an aromatic ring is 1. The maximum atomic E-state index is 13.5. The van der Waals surface area contributed by atoms with E-state index in [0.717, 1.165) is 0 Å². The van der Waals surface area contributed by atoms with Gasteiger partial charge in [0.25, 0.3) is 0 Å². The molecule has 0 unspecified atom stereocenters. The van der Waals surface area contributed by atoms with Crippen LogP contribution >= 0.6 is 0 Å². The van der Waals surface area contributed by atoms with E-state index in [1.165, 1.54) is 6.07 Å². The van der Waals surface area contributed by atoms with Gasteiger partial charge in [0.1, 0.15) is 23.3 Å². The molecule has 2 rings (SSSR count). The van der Waals surface area contributed by atoms with Crippen molar-refractivity contribution in [3.8, 4) is 0 Å². The maximum Gasteiger partial charge on any atom is 0.146 e. The first-order valence-corrected chi connectivity index (χ1v) is 5.83. The Bertz CT molecular complexity index is 562. The van der Waals surface area contributed by atoms with Crippen LogP contribution in [0.4, 0.5) is 21.7 Å². The fourth-order valence-electron chi connectivity index (χ4n) is 1.59. The van der Waals surface area contributed by atoms with Crippen LogP contribution in [0.2, 0.25) is 0 Å². The molecule has 1 aromatic heterocycles. The number of methoxy groups -OCH3 is 1. The van der Waals surface area contributed by atoms with Gasteiger partial charge in [0, 0.05) is 19.6 Å². The Hall–Kier alpha value is -2.21. The molecule has 0 saturated carbocycles. The molecule has 0 aliphatic heterocycles. The van der Waals surface area contributed by atoms with Gasteiger partial charge >= 0.3 is 0 Å². The van der Waals surface area contributed by atoms with Crippen LogP contribution in [0, 0.1) is 5.82 Å². The summed E-state index contributed by atoms with van der Waals surface area (Å²) in [4.78, 5) is 8.35. The second kappa shape index (κ2) is 6.10. The lowest BCUT2D eigenvalue weighted by Gasteiger charge is -2.09. The van der Waals surface area contributed by atoms with Crippen LogP contribution < -0.4 is 11.1 Å². The van der Waals surface area contributed by atoms with E-state index in [-0.39, 0.29) is 5.82 Å². The number of rotatable bonds is 5. The number of hydrogen-bond acceptors (Lipinski definition) is 5. The van der Waals surface area contributed by atoms with Crippen molar-refractivity contribution in [2.24, 2.45) is 0 Å². The lowest BCUT2D eigenvalue weighted by molar-refractivity contribution is 0.200. The Morgan fingerprint density at radius 2 is 2.11 bits per heavy atom. The van der Waals surface area contributed by atoms with Gasteiger partial charge in [0.2, 0.25) is 0 Å². The van der Waals surface area contributed by atoms with Crippen LogP contribution in [-0.4, -0.2) is 23.7 Å². The average Bonchev–Trinajstić information content (AvgIpc) is 2.38.